The predicted octanol–water partition coefficient (Wildman–Crippen LogP) is 11.8. The van der Waals surface area contributed by atoms with Gasteiger partial charge in [-0.3, -0.25) is 4.98 Å². The first-order valence-corrected chi connectivity index (χ1v) is 17.0. The summed E-state index contributed by atoms with van der Waals surface area (Å²) in [5, 5.41) is 6.68. The monoisotopic (exact) mass is 652 g/mol. The van der Waals surface area contributed by atoms with Crippen LogP contribution in [0.2, 0.25) is 0 Å². The highest BCUT2D eigenvalue weighted by molar-refractivity contribution is 6.17. The zero-order chi connectivity index (χ0) is 33.7. The Labute approximate surface area is 293 Å². The molecule has 10 aromatic rings. The molecule has 0 bridgehead atoms. The molecule has 10 rings (SSSR count). The van der Waals surface area contributed by atoms with E-state index in [0.717, 1.165) is 82.4 Å². The van der Waals surface area contributed by atoms with Gasteiger partial charge in [0.15, 0.2) is 23.1 Å². The minimum Gasteiger partial charge on any atom is -0.454 e. The largest absolute Gasteiger partial charge is 0.454 e. The van der Waals surface area contributed by atoms with E-state index in [-0.39, 0.29) is 0 Å². The van der Waals surface area contributed by atoms with Crippen LogP contribution >= 0.6 is 0 Å². The summed E-state index contributed by atoms with van der Waals surface area (Å²) in [6, 6.07) is 54.4. The van der Waals surface area contributed by atoms with Gasteiger partial charge in [-0.05, 0) is 50.4 Å². The number of aromatic nitrogens is 4. The van der Waals surface area contributed by atoms with Gasteiger partial charge in [-0.15, -0.1) is 0 Å². The average molecular weight is 653 g/mol. The highest BCUT2D eigenvalue weighted by Gasteiger charge is 2.19. The molecule has 0 radical (unpaired) electrons. The molecule has 0 amide bonds. The van der Waals surface area contributed by atoms with Gasteiger partial charge in [-0.25, -0.2) is 15.0 Å². The summed E-state index contributed by atoms with van der Waals surface area (Å²) in [6.45, 7) is 0. The number of hydrogen-bond acceptors (Lipinski definition) is 5. The smallest absolute Gasteiger partial charge is 0.164 e. The molecule has 5 heteroatoms. The zero-order valence-electron chi connectivity index (χ0n) is 27.4. The molecule has 0 spiro atoms. The van der Waals surface area contributed by atoms with Gasteiger partial charge in [0.05, 0.1) is 6.20 Å². The molecule has 7 aromatic carbocycles. The second-order valence-electron chi connectivity index (χ2n) is 12.6. The molecule has 0 aliphatic heterocycles. The maximum Gasteiger partial charge on any atom is 0.164 e. The van der Waals surface area contributed by atoms with E-state index < -0.39 is 0 Å². The van der Waals surface area contributed by atoms with Gasteiger partial charge in [-0.2, -0.15) is 0 Å². The molecular formula is C46H28N4O. The molecule has 238 valence electrons. The Kier molecular flexibility index (Phi) is 6.74. The Hall–Kier alpha value is -6.98. The third-order valence-corrected chi connectivity index (χ3v) is 9.66. The van der Waals surface area contributed by atoms with E-state index in [1.165, 1.54) is 0 Å². The van der Waals surface area contributed by atoms with Crippen LogP contribution < -0.4 is 0 Å². The van der Waals surface area contributed by atoms with E-state index in [2.05, 4.69) is 89.9 Å². The number of para-hydroxylation sites is 1. The fourth-order valence-corrected chi connectivity index (χ4v) is 7.31. The highest BCUT2D eigenvalue weighted by Crippen LogP contribution is 2.43. The third kappa shape index (κ3) is 4.86. The summed E-state index contributed by atoms with van der Waals surface area (Å²) in [5.74, 6) is 1.92. The van der Waals surface area contributed by atoms with Crippen LogP contribution in [0.15, 0.2) is 175 Å². The Morgan fingerprint density at radius 3 is 1.31 bits per heavy atom. The molecule has 0 aliphatic rings. The van der Waals surface area contributed by atoms with E-state index in [1.807, 2.05) is 79.0 Å². The maximum atomic E-state index is 6.20. The summed E-state index contributed by atoms with van der Waals surface area (Å²) in [7, 11) is 0. The van der Waals surface area contributed by atoms with Crippen LogP contribution in [0.5, 0.6) is 0 Å². The summed E-state index contributed by atoms with van der Waals surface area (Å²) in [6.07, 6.45) is 3.76. The highest BCUT2D eigenvalue weighted by atomic mass is 16.3. The number of benzene rings is 7. The SMILES string of the molecule is c1ccc(-c2nc(-c3ccccc3)nc(-c3ccc(-c4ccc(-c5cncc6oc7ccccc7c56)c5ccccc45)c4ccccc34)n2)cc1. The summed E-state index contributed by atoms with van der Waals surface area (Å²) >= 11 is 0. The number of fused-ring (bicyclic) bond motifs is 5. The van der Waals surface area contributed by atoms with Gasteiger partial charge in [0, 0.05) is 39.2 Å². The van der Waals surface area contributed by atoms with Crippen LogP contribution in [0.3, 0.4) is 0 Å². The fourth-order valence-electron chi connectivity index (χ4n) is 7.31. The lowest BCUT2D eigenvalue weighted by Gasteiger charge is -2.16. The molecule has 0 saturated heterocycles. The van der Waals surface area contributed by atoms with Crippen LogP contribution in [-0.4, -0.2) is 19.9 Å². The van der Waals surface area contributed by atoms with Crippen molar-refractivity contribution in [3.8, 4) is 56.4 Å². The van der Waals surface area contributed by atoms with Gasteiger partial charge in [0.25, 0.3) is 0 Å². The minimum atomic E-state index is 0.638. The molecule has 0 fully saturated rings. The molecule has 0 unspecified atom stereocenters. The quantitative estimate of drug-likeness (QED) is 0.185. The van der Waals surface area contributed by atoms with Crippen molar-refractivity contribution in [1.29, 1.82) is 0 Å². The molecule has 0 N–H and O–H groups in total. The molecule has 3 heterocycles. The number of rotatable bonds is 5. The predicted molar refractivity (Wildman–Crippen MR) is 207 cm³/mol. The fraction of sp³-hybridized carbons (Fsp3) is 0. The lowest BCUT2D eigenvalue weighted by Crippen LogP contribution is -2.00. The normalized spacial score (nSPS) is 11.5. The summed E-state index contributed by atoms with van der Waals surface area (Å²) in [5.41, 5.74) is 8.96. The van der Waals surface area contributed by atoms with E-state index in [1.54, 1.807) is 6.20 Å². The summed E-state index contributed by atoms with van der Waals surface area (Å²) < 4.78 is 6.20. The molecule has 0 atom stereocenters. The van der Waals surface area contributed by atoms with Gasteiger partial charge < -0.3 is 4.42 Å². The number of pyridine rings is 1. The van der Waals surface area contributed by atoms with E-state index in [9.17, 15) is 0 Å². The molecule has 5 nitrogen and oxygen atoms in total. The first-order chi connectivity index (χ1) is 25.3. The lowest BCUT2D eigenvalue weighted by atomic mass is 9.88. The van der Waals surface area contributed by atoms with Crippen LogP contribution in [0.25, 0.3) is 99.9 Å². The average Bonchev–Trinajstić information content (AvgIpc) is 3.60. The standard InChI is InChI=1S/C46H28N4O/c1-3-13-29(14-4-1)44-48-45(30-15-5-2-6-16-30)50-46(49-44)38-26-25-36(33-19-9-10-20-34(33)38)35-23-24-37(32-18-8-7-17-31(32)35)40-27-47-28-42-43(40)39-21-11-12-22-41(39)51-42/h1-28H. The summed E-state index contributed by atoms with van der Waals surface area (Å²) in [4.78, 5) is 19.6. The molecule has 51 heavy (non-hydrogen) atoms. The maximum absolute atomic E-state index is 6.20. The molecule has 0 saturated carbocycles. The number of nitrogens with zero attached hydrogens (tertiary/aromatic N) is 4. The Morgan fingerprint density at radius 2 is 0.745 bits per heavy atom. The Bertz CT molecular complexity index is 2860. The van der Waals surface area contributed by atoms with Crippen molar-refractivity contribution in [1.82, 2.24) is 19.9 Å². The third-order valence-electron chi connectivity index (χ3n) is 9.66. The van der Waals surface area contributed by atoms with Gasteiger partial charge in [0.2, 0.25) is 0 Å². The second-order valence-corrected chi connectivity index (χ2v) is 12.6. The first-order valence-electron chi connectivity index (χ1n) is 17.0. The molecule has 3 aromatic heterocycles. The van der Waals surface area contributed by atoms with Gasteiger partial charge in [0.1, 0.15) is 5.58 Å². The van der Waals surface area contributed by atoms with Crippen molar-refractivity contribution in [2.75, 3.05) is 0 Å². The first kappa shape index (κ1) is 29.0. The van der Waals surface area contributed by atoms with Crippen molar-refractivity contribution in [3.05, 3.63) is 170 Å². The number of hydrogen-bond donors (Lipinski definition) is 0. The van der Waals surface area contributed by atoms with Crippen molar-refractivity contribution >= 4 is 43.5 Å². The van der Waals surface area contributed by atoms with Crippen LogP contribution in [0.4, 0.5) is 0 Å². The van der Waals surface area contributed by atoms with Crippen molar-refractivity contribution < 1.29 is 4.42 Å². The van der Waals surface area contributed by atoms with Gasteiger partial charge in [-0.1, -0.05) is 146 Å². The Morgan fingerprint density at radius 1 is 0.314 bits per heavy atom. The van der Waals surface area contributed by atoms with Crippen molar-refractivity contribution in [2.45, 2.75) is 0 Å². The Balaban J connectivity index is 1.17. The second kappa shape index (κ2) is 11.9. The van der Waals surface area contributed by atoms with E-state index in [0.29, 0.717) is 17.5 Å². The molecule has 0 aliphatic carbocycles. The lowest BCUT2D eigenvalue weighted by molar-refractivity contribution is 0.667. The van der Waals surface area contributed by atoms with Crippen molar-refractivity contribution in [3.63, 3.8) is 0 Å². The zero-order valence-corrected chi connectivity index (χ0v) is 27.4. The minimum absolute atomic E-state index is 0.638. The van der Waals surface area contributed by atoms with Crippen LogP contribution in [0.1, 0.15) is 0 Å². The van der Waals surface area contributed by atoms with E-state index in [4.69, 9.17) is 19.4 Å². The van der Waals surface area contributed by atoms with Crippen LogP contribution in [0, 0.1) is 0 Å². The van der Waals surface area contributed by atoms with Crippen molar-refractivity contribution in [2.24, 2.45) is 0 Å². The van der Waals surface area contributed by atoms with E-state index >= 15 is 0 Å². The molecular weight excluding hydrogens is 625 g/mol. The van der Waals surface area contributed by atoms with Crippen LogP contribution in [-0.2, 0) is 0 Å². The number of furan rings is 1. The topological polar surface area (TPSA) is 64.7 Å². The van der Waals surface area contributed by atoms with Gasteiger partial charge >= 0.3 is 0 Å².